The maximum atomic E-state index is 13.1. The highest BCUT2D eigenvalue weighted by molar-refractivity contribution is 7.89. The molecule has 0 radical (unpaired) electrons. The van der Waals surface area contributed by atoms with Gasteiger partial charge < -0.3 is 5.32 Å². The zero-order chi connectivity index (χ0) is 21.7. The summed E-state index contributed by atoms with van der Waals surface area (Å²) in [5, 5.41) is 3.56. The Hall–Kier alpha value is -2.00. The highest BCUT2D eigenvalue weighted by atomic mass is 35.5. The molecule has 1 N–H and O–H groups in total. The Bertz CT molecular complexity index is 968. The second-order valence-corrected chi connectivity index (χ2v) is 9.64. The summed E-state index contributed by atoms with van der Waals surface area (Å²) in [6.07, 6.45) is 0.606. The molecule has 1 aliphatic heterocycles. The molecule has 1 fully saturated rings. The van der Waals surface area contributed by atoms with Crippen LogP contribution in [-0.4, -0.2) is 55.8 Å². The lowest BCUT2D eigenvalue weighted by Gasteiger charge is -2.27. The van der Waals surface area contributed by atoms with E-state index in [1.54, 1.807) is 12.1 Å². The van der Waals surface area contributed by atoms with E-state index in [1.165, 1.54) is 16.4 Å². The van der Waals surface area contributed by atoms with Crippen LogP contribution in [0.4, 0.5) is 4.39 Å². The van der Waals surface area contributed by atoms with Gasteiger partial charge in [0.15, 0.2) is 0 Å². The van der Waals surface area contributed by atoms with Gasteiger partial charge in [0, 0.05) is 37.7 Å². The zero-order valence-corrected chi connectivity index (χ0v) is 18.3. The number of nitrogens with zero attached hydrogens (tertiary/aromatic N) is 2. The van der Waals surface area contributed by atoms with Crippen molar-refractivity contribution in [1.29, 1.82) is 0 Å². The maximum absolute atomic E-state index is 13.1. The van der Waals surface area contributed by atoms with Gasteiger partial charge in [0.25, 0.3) is 0 Å². The van der Waals surface area contributed by atoms with Crippen LogP contribution in [-0.2, 0) is 21.4 Å². The Kier molecular flexibility index (Phi) is 7.46. The molecule has 1 saturated heterocycles. The van der Waals surface area contributed by atoms with Crippen molar-refractivity contribution in [2.75, 3.05) is 26.2 Å². The summed E-state index contributed by atoms with van der Waals surface area (Å²) >= 11 is 5.87. The lowest BCUT2D eigenvalue weighted by Crippen LogP contribution is -2.46. The highest BCUT2D eigenvalue weighted by Gasteiger charge is 2.29. The molecular weight excluding hydrogens is 429 g/mol. The molecular formula is C21H25ClFN3O3S. The van der Waals surface area contributed by atoms with Gasteiger partial charge in [-0.2, -0.15) is 4.31 Å². The van der Waals surface area contributed by atoms with Crippen molar-refractivity contribution in [3.63, 3.8) is 0 Å². The molecule has 2 aromatic carbocycles. The average molecular weight is 454 g/mol. The molecule has 6 nitrogen and oxygen atoms in total. The first-order valence-electron chi connectivity index (χ1n) is 9.79. The number of hydrogen-bond acceptors (Lipinski definition) is 4. The molecule has 1 amide bonds. The van der Waals surface area contributed by atoms with E-state index in [0.29, 0.717) is 37.6 Å². The number of hydrogen-bond donors (Lipinski definition) is 1. The van der Waals surface area contributed by atoms with Crippen molar-refractivity contribution >= 4 is 27.5 Å². The molecule has 0 aliphatic carbocycles. The van der Waals surface area contributed by atoms with Gasteiger partial charge in [0.2, 0.25) is 15.9 Å². The van der Waals surface area contributed by atoms with E-state index >= 15 is 0 Å². The fourth-order valence-corrected chi connectivity index (χ4v) is 5.00. The van der Waals surface area contributed by atoms with Crippen molar-refractivity contribution in [3.8, 4) is 0 Å². The fourth-order valence-electron chi connectivity index (χ4n) is 3.40. The van der Waals surface area contributed by atoms with Gasteiger partial charge in [-0.3, -0.25) is 9.69 Å². The normalized spacial score (nSPS) is 17.3. The Balaban J connectivity index is 1.57. The third kappa shape index (κ3) is 5.57. The molecule has 1 unspecified atom stereocenters. The van der Waals surface area contributed by atoms with Crippen LogP contribution in [0.15, 0.2) is 53.4 Å². The summed E-state index contributed by atoms with van der Waals surface area (Å²) in [6.45, 7) is 3.91. The van der Waals surface area contributed by atoms with E-state index in [4.69, 9.17) is 11.6 Å². The molecule has 3 rings (SSSR count). The van der Waals surface area contributed by atoms with E-state index in [2.05, 4.69) is 5.32 Å². The number of carbonyl (C=O) groups is 1. The predicted octanol–water partition coefficient (Wildman–Crippen LogP) is 2.88. The standard InChI is InChI=1S/C21H25ClFN3O3S/c1-16(21(27)24-15-17-3-5-18(22)6-4-17)25-11-2-12-26(14-13-25)30(28,29)20-9-7-19(23)8-10-20/h3-10,16H,2,11-15H2,1H3,(H,24,27). The molecule has 9 heteroatoms. The smallest absolute Gasteiger partial charge is 0.243 e. The van der Waals surface area contributed by atoms with E-state index in [0.717, 1.165) is 17.7 Å². The number of nitrogens with one attached hydrogen (secondary N) is 1. The summed E-state index contributed by atoms with van der Waals surface area (Å²) in [4.78, 5) is 14.6. The Morgan fingerprint density at radius 3 is 2.40 bits per heavy atom. The number of sulfonamides is 1. The highest BCUT2D eigenvalue weighted by Crippen LogP contribution is 2.19. The van der Waals surface area contributed by atoms with Gasteiger partial charge in [0.05, 0.1) is 10.9 Å². The van der Waals surface area contributed by atoms with Crippen LogP contribution in [0, 0.1) is 5.82 Å². The van der Waals surface area contributed by atoms with E-state index < -0.39 is 15.8 Å². The third-order valence-corrected chi connectivity index (χ3v) is 7.41. The summed E-state index contributed by atoms with van der Waals surface area (Å²) in [5.74, 6) is -0.589. The van der Waals surface area contributed by atoms with Crippen LogP contribution in [0.1, 0.15) is 18.9 Å². The van der Waals surface area contributed by atoms with Crippen LogP contribution in [0.2, 0.25) is 5.02 Å². The predicted molar refractivity (Wildman–Crippen MR) is 114 cm³/mol. The lowest BCUT2D eigenvalue weighted by atomic mass is 10.2. The summed E-state index contributed by atoms with van der Waals surface area (Å²) in [6, 6.07) is 11.7. The minimum atomic E-state index is -3.69. The van der Waals surface area contributed by atoms with Gasteiger partial charge in [0.1, 0.15) is 5.82 Å². The second kappa shape index (κ2) is 9.87. The van der Waals surface area contributed by atoms with Gasteiger partial charge in [-0.15, -0.1) is 0 Å². The molecule has 0 aromatic heterocycles. The number of rotatable bonds is 6. The van der Waals surface area contributed by atoms with E-state index in [9.17, 15) is 17.6 Å². The number of halogens is 2. The molecule has 1 aliphatic rings. The van der Waals surface area contributed by atoms with Crippen LogP contribution in [0.3, 0.4) is 0 Å². The molecule has 0 bridgehead atoms. The first-order valence-corrected chi connectivity index (χ1v) is 11.6. The Morgan fingerprint density at radius 2 is 1.73 bits per heavy atom. The van der Waals surface area contributed by atoms with Crippen molar-refractivity contribution in [1.82, 2.24) is 14.5 Å². The van der Waals surface area contributed by atoms with Gasteiger partial charge in [-0.05, 0) is 55.3 Å². The Morgan fingerprint density at radius 1 is 1.07 bits per heavy atom. The molecule has 30 heavy (non-hydrogen) atoms. The van der Waals surface area contributed by atoms with Crippen LogP contribution in [0.25, 0.3) is 0 Å². The van der Waals surface area contributed by atoms with E-state index in [-0.39, 0.29) is 23.4 Å². The summed E-state index contributed by atoms with van der Waals surface area (Å²) in [7, 11) is -3.69. The quantitative estimate of drug-likeness (QED) is 0.730. The Labute approximate surface area is 181 Å². The minimum Gasteiger partial charge on any atom is -0.351 e. The largest absolute Gasteiger partial charge is 0.351 e. The van der Waals surface area contributed by atoms with Crippen molar-refractivity contribution < 1.29 is 17.6 Å². The van der Waals surface area contributed by atoms with Gasteiger partial charge in [-0.25, -0.2) is 12.8 Å². The first-order chi connectivity index (χ1) is 14.3. The molecule has 1 atom stereocenters. The van der Waals surface area contributed by atoms with Crippen LogP contribution < -0.4 is 5.32 Å². The molecule has 0 saturated carbocycles. The number of carbonyl (C=O) groups excluding carboxylic acids is 1. The lowest BCUT2D eigenvalue weighted by molar-refractivity contribution is -0.126. The molecule has 1 heterocycles. The SMILES string of the molecule is CC(C(=O)NCc1ccc(Cl)cc1)N1CCCN(S(=O)(=O)c2ccc(F)cc2)CC1. The molecule has 0 spiro atoms. The summed E-state index contributed by atoms with van der Waals surface area (Å²) < 4.78 is 40.2. The van der Waals surface area contributed by atoms with Crippen molar-refractivity contribution in [3.05, 3.63) is 64.9 Å². The molecule has 162 valence electrons. The van der Waals surface area contributed by atoms with E-state index in [1.807, 2.05) is 24.0 Å². The van der Waals surface area contributed by atoms with Crippen molar-refractivity contribution in [2.24, 2.45) is 0 Å². The topological polar surface area (TPSA) is 69.7 Å². The third-order valence-electron chi connectivity index (χ3n) is 5.25. The second-order valence-electron chi connectivity index (χ2n) is 7.27. The average Bonchev–Trinajstić information content (AvgIpc) is 3.00. The summed E-state index contributed by atoms with van der Waals surface area (Å²) in [5.41, 5.74) is 0.951. The van der Waals surface area contributed by atoms with Crippen LogP contribution in [0.5, 0.6) is 0 Å². The fraction of sp³-hybridized carbons (Fsp3) is 0.381. The number of amides is 1. The maximum Gasteiger partial charge on any atom is 0.243 e. The monoisotopic (exact) mass is 453 g/mol. The van der Waals surface area contributed by atoms with Crippen LogP contribution >= 0.6 is 11.6 Å². The van der Waals surface area contributed by atoms with Gasteiger partial charge >= 0.3 is 0 Å². The molecule has 2 aromatic rings. The zero-order valence-electron chi connectivity index (χ0n) is 16.7. The van der Waals surface area contributed by atoms with Gasteiger partial charge in [-0.1, -0.05) is 23.7 Å². The first kappa shape index (κ1) is 22.7. The number of benzene rings is 2. The van der Waals surface area contributed by atoms with Crippen molar-refractivity contribution in [2.45, 2.75) is 30.8 Å². The minimum absolute atomic E-state index is 0.0751.